The molecular weight excluding hydrogens is 379 g/mol. The number of halogens is 2. The number of hydrogen-bond donors (Lipinski definition) is 1. The maximum absolute atomic E-state index is 14.5. The molecule has 0 amide bonds. The molecule has 0 aromatic heterocycles. The predicted octanol–water partition coefficient (Wildman–Crippen LogP) is 4.52. The summed E-state index contributed by atoms with van der Waals surface area (Å²) >= 11 is 8.80. The number of thiocarbonyl (C=S) groups is 1. The zero-order valence-corrected chi connectivity index (χ0v) is 14.7. The summed E-state index contributed by atoms with van der Waals surface area (Å²) in [6.45, 7) is 1.95. The minimum atomic E-state index is -0.726. The smallest absolute Gasteiger partial charge is 0.188 e. The number of hydrogen-bond acceptors (Lipinski definition) is 2. The molecule has 2 aliphatic heterocycles. The average Bonchev–Trinajstić information content (AvgIpc) is 2.48. The first-order valence-electron chi connectivity index (χ1n) is 7.32. The van der Waals surface area contributed by atoms with Gasteiger partial charge in [0.25, 0.3) is 0 Å². The highest BCUT2D eigenvalue weighted by molar-refractivity contribution is 9.10. The quantitative estimate of drug-likeness (QED) is 0.720. The summed E-state index contributed by atoms with van der Waals surface area (Å²) in [5.74, 6) is 0.467. The highest BCUT2D eigenvalue weighted by Gasteiger charge is 2.48. The molecule has 2 heterocycles. The molecule has 2 atom stereocenters. The lowest BCUT2D eigenvalue weighted by Crippen LogP contribution is -2.65. The maximum Gasteiger partial charge on any atom is 0.188 e. The summed E-state index contributed by atoms with van der Waals surface area (Å²) in [6, 6.07) is 12.9. The Morgan fingerprint density at radius 3 is 2.91 bits per heavy atom. The van der Waals surface area contributed by atoms with Gasteiger partial charge in [-0.15, -0.1) is 0 Å². The second kappa shape index (κ2) is 5.18. The molecule has 1 N–H and O–H groups in total. The Kier molecular flexibility index (Phi) is 3.35. The van der Waals surface area contributed by atoms with E-state index in [4.69, 9.17) is 17.0 Å². The van der Waals surface area contributed by atoms with Crippen LogP contribution in [0.25, 0.3) is 0 Å². The number of fused-ring (bicyclic) bond motifs is 4. The van der Waals surface area contributed by atoms with E-state index in [1.807, 2.05) is 31.2 Å². The zero-order chi connectivity index (χ0) is 16.2. The van der Waals surface area contributed by atoms with Crippen molar-refractivity contribution in [2.45, 2.75) is 25.1 Å². The van der Waals surface area contributed by atoms with Gasteiger partial charge in [0.1, 0.15) is 11.6 Å². The summed E-state index contributed by atoms with van der Waals surface area (Å²) in [5, 5.41) is 3.79. The summed E-state index contributed by atoms with van der Waals surface area (Å²) in [5.41, 5.74) is 0.769. The summed E-state index contributed by atoms with van der Waals surface area (Å²) in [6.07, 6.45) is 0.680. The molecule has 0 spiro atoms. The van der Waals surface area contributed by atoms with Crippen molar-refractivity contribution in [3.63, 3.8) is 0 Å². The number of benzene rings is 2. The minimum Gasteiger partial charge on any atom is -0.467 e. The van der Waals surface area contributed by atoms with Gasteiger partial charge in [-0.25, -0.2) is 4.39 Å². The number of anilines is 1. The molecule has 2 aliphatic rings. The molecule has 3 nitrogen and oxygen atoms in total. The molecule has 1 fully saturated rings. The van der Waals surface area contributed by atoms with E-state index < -0.39 is 5.72 Å². The Balaban J connectivity index is 1.83. The van der Waals surface area contributed by atoms with E-state index in [0.717, 1.165) is 11.3 Å². The van der Waals surface area contributed by atoms with E-state index in [1.165, 1.54) is 6.07 Å². The van der Waals surface area contributed by atoms with Crippen LogP contribution >= 0.6 is 28.1 Å². The van der Waals surface area contributed by atoms with Crippen LogP contribution in [0.2, 0.25) is 0 Å². The Bertz CT molecular complexity index is 815. The monoisotopic (exact) mass is 392 g/mol. The second-order valence-corrected chi connectivity index (χ2v) is 7.25. The van der Waals surface area contributed by atoms with Crippen LogP contribution < -0.4 is 15.0 Å². The molecule has 6 heteroatoms. The Labute approximate surface area is 147 Å². The average molecular weight is 393 g/mol. The number of rotatable bonds is 1. The molecule has 2 aromatic rings. The fourth-order valence-corrected chi connectivity index (χ4v) is 4.12. The second-order valence-electron chi connectivity index (χ2n) is 5.95. The molecule has 0 radical (unpaired) electrons. The van der Waals surface area contributed by atoms with Crippen LogP contribution in [0.5, 0.6) is 5.75 Å². The van der Waals surface area contributed by atoms with Crippen molar-refractivity contribution in [2.24, 2.45) is 0 Å². The van der Waals surface area contributed by atoms with Gasteiger partial charge in [-0.05, 0) is 43.4 Å². The first-order chi connectivity index (χ1) is 11.0. The van der Waals surface area contributed by atoms with Crippen molar-refractivity contribution in [1.82, 2.24) is 5.32 Å². The van der Waals surface area contributed by atoms with Crippen molar-refractivity contribution in [3.8, 4) is 5.75 Å². The van der Waals surface area contributed by atoms with E-state index in [9.17, 15) is 4.39 Å². The molecule has 0 unspecified atom stereocenters. The standard InChI is InChI=1S/C17H14BrFN2OS/c1-17-9-13(11-4-2-3-5-15(11)22-17)20-16(23)21(17)14-7-6-10(18)8-12(14)19/h2-8,13H,9H2,1H3,(H,20,23)/t13-,17-/m1/s1. The SMILES string of the molecule is C[C@@]12C[C@@H](NC(=S)N1c1ccc(Br)cc1F)c1ccccc1O2. The van der Waals surface area contributed by atoms with Gasteiger partial charge in [0.15, 0.2) is 10.8 Å². The Hall–Kier alpha value is -1.66. The van der Waals surface area contributed by atoms with E-state index in [0.29, 0.717) is 21.7 Å². The van der Waals surface area contributed by atoms with Gasteiger partial charge in [0.2, 0.25) is 0 Å². The molecule has 1 saturated heterocycles. The van der Waals surface area contributed by atoms with Gasteiger partial charge in [-0.3, -0.25) is 4.90 Å². The highest BCUT2D eigenvalue weighted by atomic mass is 79.9. The molecule has 23 heavy (non-hydrogen) atoms. The zero-order valence-electron chi connectivity index (χ0n) is 12.3. The van der Waals surface area contributed by atoms with Crippen LogP contribution in [0.1, 0.15) is 24.9 Å². The summed E-state index contributed by atoms with van der Waals surface area (Å²) in [7, 11) is 0. The molecular formula is C17H14BrFN2OS. The van der Waals surface area contributed by atoms with Gasteiger partial charge in [0, 0.05) is 16.5 Å². The van der Waals surface area contributed by atoms with Crippen LogP contribution in [0.15, 0.2) is 46.9 Å². The number of ether oxygens (including phenoxy) is 1. The lowest BCUT2D eigenvalue weighted by molar-refractivity contribution is 0.0492. The molecule has 4 rings (SSSR count). The van der Waals surface area contributed by atoms with E-state index in [1.54, 1.807) is 17.0 Å². The van der Waals surface area contributed by atoms with E-state index >= 15 is 0 Å². The highest BCUT2D eigenvalue weighted by Crippen LogP contribution is 2.45. The third-order valence-electron chi connectivity index (χ3n) is 4.33. The van der Waals surface area contributed by atoms with Crippen molar-refractivity contribution in [1.29, 1.82) is 0 Å². The molecule has 2 bridgehead atoms. The Morgan fingerprint density at radius 2 is 2.13 bits per heavy atom. The number of nitrogens with zero attached hydrogens (tertiary/aromatic N) is 1. The summed E-state index contributed by atoms with van der Waals surface area (Å²) in [4.78, 5) is 1.73. The van der Waals surface area contributed by atoms with Crippen molar-refractivity contribution in [3.05, 3.63) is 58.3 Å². The third-order valence-corrected chi connectivity index (χ3v) is 5.13. The fraction of sp³-hybridized carbons (Fsp3) is 0.235. The van der Waals surface area contributed by atoms with Gasteiger partial charge in [0.05, 0.1) is 11.7 Å². The van der Waals surface area contributed by atoms with Crippen LogP contribution in [0.3, 0.4) is 0 Å². The van der Waals surface area contributed by atoms with Crippen LogP contribution in [-0.4, -0.2) is 10.8 Å². The summed E-state index contributed by atoms with van der Waals surface area (Å²) < 4.78 is 21.4. The van der Waals surface area contributed by atoms with Gasteiger partial charge >= 0.3 is 0 Å². The van der Waals surface area contributed by atoms with Crippen molar-refractivity contribution < 1.29 is 9.13 Å². The third kappa shape index (κ3) is 2.32. The van der Waals surface area contributed by atoms with Gasteiger partial charge in [-0.1, -0.05) is 34.1 Å². The topological polar surface area (TPSA) is 24.5 Å². The lowest BCUT2D eigenvalue weighted by atomic mass is 9.90. The first-order valence-corrected chi connectivity index (χ1v) is 8.52. The molecule has 118 valence electrons. The first kappa shape index (κ1) is 14.9. The maximum atomic E-state index is 14.5. The van der Waals surface area contributed by atoms with Crippen LogP contribution in [0, 0.1) is 5.82 Å². The molecule has 2 aromatic carbocycles. The number of nitrogens with one attached hydrogen (secondary N) is 1. The van der Waals surface area contributed by atoms with Crippen molar-refractivity contribution in [2.75, 3.05) is 4.90 Å². The molecule has 0 saturated carbocycles. The lowest BCUT2D eigenvalue weighted by Gasteiger charge is -2.52. The largest absolute Gasteiger partial charge is 0.467 e. The van der Waals surface area contributed by atoms with Crippen LogP contribution in [0.4, 0.5) is 10.1 Å². The fourth-order valence-electron chi connectivity index (χ4n) is 3.35. The van der Waals surface area contributed by atoms with Gasteiger partial charge < -0.3 is 10.1 Å². The predicted molar refractivity (Wildman–Crippen MR) is 95.1 cm³/mol. The van der Waals surface area contributed by atoms with Gasteiger partial charge in [-0.2, -0.15) is 0 Å². The van der Waals surface area contributed by atoms with E-state index in [-0.39, 0.29) is 11.9 Å². The number of para-hydroxylation sites is 1. The van der Waals surface area contributed by atoms with Crippen molar-refractivity contribution >= 4 is 38.9 Å². The minimum absolute atomic E-state index is 0.0761. The normalized spacial score (nSPS) is 25.4. The van der Waals surface area contributed by atoms with E-state index in [2.05, 4.69) is 21.2 Å². The van der Waals surface area contributed by atoms with Crippen LogP contribution in [-0.2, 0) is 0 Å². The molecule has 0 aliphatic carbocycles. The Morgan fingerprint density at radius 1 is 1.35 bits per heavy atom.